The van der Waals surface area contributed by atoms with Crippen LogP contribution in [0.4, 0.5) is 0 Å². The van der Waals surface area contributed by atoms with Crippen molar-refractivity contribution in [1.29, 1.82) is 0 Å². The fraction of sp³-hybridized carbons (Fsp3) is 0.316. The molecule has 0 saturated heterocycles. The van der Waals surface area contributed by atoms with E-state index < -0.39 is 0 Å². The minimum atomic E-state index is -0.0281. The van der Waals surface area contributed by atoms with Gasteiger partial charge in [-0.1, -0.05) is 37.3 Å². The van der Waals surface area contributed by atoms with Crippen molar-refractivity contribution in [3.05, 3.63) is 59.2 Å². The predicted molar refractivity (Wildman–Crippen MR) is 85.9 cm³/mol. The van der Waals surface area contributed by atoms with E-state index in [4.69, 9.17) is 9.47 Å². The number of ether oxygens (including phenoxy) is 2. The first-order valence-corrected chi connectivity index (χ1v) is 7.49. The lowest BCUT2D eigenvalue weighted by molar-refractivity contribution is 0.0925. The maximum Gasteiger partial charge on any atom is 0.167 e. The lowest BCUT2D eigenvalue weighted by Crippen LogP contribution is -2.15. The molecule has 0 saturated carbocycles. The Labute approximate surface area is 130 Å². The highest BCUT2D eigenvalue weighted by Gasteiger charge is 2.36. The van der Waals surface area contributed by atoms with Gasteiger partial charge in [0.05, 0.1) is 14.2 Å². The summed E-state index contributed by atoms with van der Waals surface area (Å²) in [5, 5.41) is 0. The zero-order valence-electron chi connectivity index (χ0n) is 13.1. The highest BCUT2D eigenvalue weighted by Crippen LogP contribution is 2.40. The maximum atomic E-state index is 12.7. The topological polar surface area (TPSA) is 35.5 Å². The number of hydrogen-bond acceptors (Lipinski definition) is 3. The molecule has 2 atom stereocenters. The van der Waals surface area contributed by atoms with Crippen LogP contribution in [0, 0.1) is 5.92 Å². The van der Waals surface area contributed by atoms with Crippen LogP contribution in [0.2, 0.25) is 0 Å². The van der Waals surface area contributed by atoms with Gasteiger partial charge in [0.1, 0.15) is 11.5 Å². The van der Waals surface area contributed by atoms with E-state index in [1.807, 2.05) is 36.4 Å². The molecule has 3 nitrogen and oxygen atoms in total. The van der Waals surface area contributed by atoms with Crippen LogP contribution in [0.5, 0.6) is 11.5 Å². The summed E-state index contributed by atoms with van der Waals surface area (Å²) in [5.41, 5.74) is 3.07. The Kier molecular flexibility index (Phi) is 3.88. The summed E-state index contributed by atoms with van der Waals surface area (Å²) >= 11 is 0. The third kappa shape index (κ3) is 2.37. The van der Waals surface area contributed by atoms with Gasteiger partial charge < -0.3 is 9.47 Å². The highest BCUT2D eigenvalue weighted by atomic mass is 16.5. The van der Waals surface area contributed by atoms with Crippen LogP contribution in [0.25, 0.3) is 0 Å². The van der Waals surface area contributed by atoms with Crippen molar-refractivity contribution in [2.45, 2.75) is 19.3 Å². The second-order valence-corrected chi connectivity index (χ2v) is 5.73. The van der Waals surface area contributed by atoms with Gasteiger partial charge >= 0.3 is 0 Å². The van der Waals surface area contributed by atoms with Gasteiger partial charge in [0.25, 0.3) is 0 Å². The van der Waals surface area contributed by atoms with Gasteiger partial charge in [-0.15, -0.1) is 0 Å². The molecule has 0 spiro atoms. The van der Waals surface area contributed by atoms with Gasteiger partial charge in [-0.05, 0) is 29.5 Å². The number of fused-ring (bicyclic) bond motifs is 1. The molecule has 3 rings (SSSR count). The second kappa shape index (κ2) is 5.84. The quantitative estimate of drug-likeness (QED) is 0.859. The van der Waals surface area contributed by atoms with Crippen LogP contribution in [-0.4, -0.2) is 20.0 Å². The van der Waals surface area contributed by atoms with Crippen LogP contribution in [0.3, 0.4) is 0 Å². The standard InChI is InChI=1S/C19H20O3/c1-12-15-6-4-5-7-16(15)19(20)17(12)10-13-8-9-14(21-2)11-18(13)22-3/h4-9,11-12,17H,10H2,1-3H3. The Bertz CT molecular complexity index is 706. The van der Waals surface area contributed by atoms with Gasteiger partial charge in [0, 0.05) is 17.5 Å². The number of Topliss-reactive ketones (excluding diaryl/α,β-unsaturated/α-hetero) is 1. The van der Waals surface area contributed by atoms with Crippen LogP contribution < -0.4 is 9.47 Å². The average molecular weight is 296 g/mol. The molecular formula is C19H20O3. The first kappa shape index (κ1) is 14.6. The maximum absolute atomic E-state index is 12.7. The van der Waals surface area contributed by atoms with E-state index in [0.29, 0.717) is 6.42 Å². The number of ketones is 1. The highest BCUT2D eigenvalue weighted by molar-refractivity contribution is 6.03. The van der Waals surface area contributed by atoms with Crippen LogP contribution >= 0.6 is 0 Å². The monoisotopic (exact) mass is 296 g/mol. The van der Waals surface area contributed by atoms with Crippen molar-refractivity contribution in [2.24, 2.45) is 5.92 Å². The molecule has 0 amide bonds. The summed E-state index contributed by atoms with van der Waals surface area (Å²) < 4.78 is 10.7. The first-order valence-electron chi connectivity index (χ1n) is 7.49. The lowest BCUT2D eigenvalue weighted by atomic mass is 9.88. The van der Waals surface area contributed by atoms with Crippen molar-refractivity contribution in [1.82, 2.24) is 0 Å². The van der Waals surface area contributed by atoms with Gasteiger partial charge in [-0.2, -0.15) is 0 Å². The van der Waals surface area contributed by atoms with E-state index in [-0.39, 0.29) is 17.6 Å². The molecule has 0 N–H and O–H groups in total. The molecule has 1 aliphatic rings. The zero-order valence-corrected chi connectivity index (χ0v) is 13.1. The Morgan fingerprint density at radius 1 is 1.05 bits per heavy atom. The molecule has 0 bridgehead atoms. The SMILES string of the molecule is COc1ccc(CC2C(=O)c3ccccc3C2C)c(OC)c1. The predicted octanol–water partition coefficient (Wildman–Crippen LogP) is 3.86. The minimum Gasteiger partial charge on any atom is -0.497 e. The lowest BCUT2D eigenvalue weighted by Gasteiger charge is -2.17. The summed E-state index contributed by atoms with van der Waals surface area (Å²) in [6, 6.07) is 13.7. The van der Waals surface area contributed by atoms with E-state index >= 15 is 0 Å². The van der Waals surface area contributed by atoms with Crippen molar-refractivity contribution in [3.8, 4) is 11.5 Å². The third-order valence-corrected chi connectivity index (χ3v) is 4.59. The molecule has 2 aromatic carbocycles. The summed E-state index contributed by atoms with van der Waals surface area (Å²) in [5.74, 6) is 1.97. The molecule has 114 valence electrons. The Morgan fingerprint density at radius 3 is 2.50 bits per heavy atom. The van der Waals surface area contributed by atoms with E-state index in [0.717, 1.165) is 28.2 Å². The Morgan fingerprint density at radius 2 is 1.82 bits per heavy atom. The molecule has 0 aromatic heterocycles. The molecule has 2 unspecified atom stereocenters. The van der Waals surface area contributed by atoms with Crippen LogP contribution in [-0.2, 0) is 6.42 Å². The Balaban J connectivity index is 1.90. The molecule has 1 aliphatic carbocycles. The van der Waals surface area contributed by atoms with Gasteiger partial charge in [-0.3, -0.25) is 4.79 Å². The summed E-state index contributed by atoms with van der Waals surface area (Å²) in [6.07, 6.45) is 0.682. The molecule has 0 aliphatic heterocycles. The molecule has 0 heterocycles. The number of carbonyl (C=O) groups excluding carboxylic acids is 1. The molecule has 0 fully saturated rings. The first-order chi connectivity index (χ1) is 10.7. The third-order valence-electron chi connectivity index (χ3n) is 4.59. The molecule has 0 radical (unpaired) electrons. The number of carbonyl (C=O) groups is 1. The molecule has 3 heteroatoms. The molecule has 22 heavy (non-hydrogen) atoms. The van der Waals surface area contributed by atoms with Gasteiger partial charge in [0.2, 0.25) is 0 Å². The summed E-state index contributed by atoms with van der Waals surface area (Å²) in [4.78, 5) is 12.7. The largest absolute Gasteiger partial charge is 0.497 e. The number of methoxy groups -OCH3 is 2. The zero-order chi connectivity index (χ0) is 15.7. The van der Waals surface area contributed by atoms with Crippen LogP contribution in [0.1, 0.15) is 34.3 Å². The fourth-order valence-electron chi connectivity index (χ4n) is 3.29. The van der Waals surface area contributed by atoms with E-state index in [9.17, 15) is 4.79 Å². The van der Waals surface area contributed by atoms with Crippen molar-refractivity contribution in [3.63, 3.8) is 0 Å². The van der Waals surface area contributed by atoms with E-state index in [2.05, 4.69) is 13.0 Å². The van der Waals surface area contributed by atoms with Crippen molar-refractivity contribution >= 4 is 5.78 Å². The van der Waals surface area contributed by atoms with E-state index in [1.165, 1.54) is 0 Å². The normalized spacial score (nSPS) is 19.9. The van der Waals surface area contributed by atoms with Gasteiger partial charge in [0.15, 0.2) is 5.78 Å². The van der Waals surface area contributed by atoms with E-state index in [1.54, 1.807) is 14.2 Å². The molecule has 2 aromatic rings. The van der Waals surface area contributed by atoms with Gasteiger partial charge in [-0.25, -0.2) is 0 Å². The number of benzene rings is 2. The second-order valence-electron chi connectivity index (χ2n) is 5.73. The van der Waals surface area contributed by atoms with Crippen molar-refractivity contribution in [2.75, 3.05) is 14.2 Å². The number of hydrogen-bond donors (Lipinski definition) is 0. The van der Waals surface area contributed by atoms with Crippen molar-refractivity contribution < 1.29 is 14.3 Å². The Hall–Kier alpha value is -2.29. The average Bonchev–Trinajstić information content (AvgIpc) is 2.80. The fourth-order valence-corrected chi connectivity index (χ4v) is 3.29. The minimum absolute atomic E-state index is 0.0281. The smallest absolute Gasteiger partial charge is 0.167 e. The molecular weight excluding hydrogens is 276 g/mol. The summed E-state index contributed by atoms with van der Waals surface area (Å²) in [7, 11) is 3.28. The summed E-state index contributed by atoms with van der Waals surface area (Å²) in [6.45, 7) is 2.13. The number of rotatable bonds is 4. The van der Waals surface area contributed by atoms with Crippen LogP contribution in [0.15, 0.2) is 42.5 Å².